The van der Waals surface area contributed by atoms with Gasteiger partial charge in [0.05, 0.1) is 0 Å². The van der Waals surface area contributed by atoms with Crippen LogP contribution in [0.1, 0.15) is 16.7 Å². The van der Waals surface area contributed by atoms with Crippen molar-refractivity contribution < 1.29 is 4.98 Å². The number of aryl methyl sites for hydroxylation is 2. The molecular weight excluding hydrogens is 328 g/mol. The standard InChI is InChI=1S/C18H13ClN2OS/c1-10-7-11(2)16-14(8-10)21-17(22)15(23-18(21)20-16)9-12-5-3-4-6-13(12)19/h3-9H,1-2H3/p+1. The fraction of sp³-hybridized carbons (Fsp3) is 0.111. The molecule has 0 fully saturated rings. The minimum Gasteiger partial charge on any atom is -0.239 e. The molecule has 0 aliphatic heterocycles. The van der Waals surface area contributed by atoms with Gasteiger partial charge in [0.15, 0.2) is 11.0 Å². The van der Waals surface area contributed by atoms with Crippen molar-refractivity contribution in [1.29, 1.82) is 0 Å². The zero-order valence-electron chi connectivity index (χ0n) is 12.7. The Bertz CT molecular complexity index is 1170. The quantitative estimate of drug-likeness (QED) is 0.524. The second-order valence-electron chi connectivity index (χ2n) is 5.68. The summed E-state index contributed by atoms with van der Waals surface area (Å²) >= 11 is 7.64. The number of benzene rings is 2. The van der Waals surface area contributed by atoms with E-state index in [1.807, 2.05) is 43.3 Å². The third kappa shape index (κ3) is 2.26. The number of nitrogens with zero attached hydrogens (tertiary/aromatic N) is 1. The fourth-order valence-electron chi connectivity index (χ4n) is 2.91. The summed E-state index contributed by atoms with van der Waals surface area (Å²) in [5.74, 6) is 0. The van der Waals surface area contributed by atoms with Crippen LogP contribution in [0.3, 0.4) is 0 Å². The molecule has 0 radical (unpaired) electrons. The molecule has 0 amide bonds. The lowest BCUT2D eigenvalue weighted by Crippen LogP contribution is -2.22. The molecule has 0 aliphatic carbocycles. The maximum absolute atomic E-state index is 12.8. The molecule has 0 spiro atoms. The summed E-state index contributed by atoms with van der Waals surface area (Å²) in [4.78, 5) is 17.0. The highest BCUT2D eigenvalue weighted by Gasteiger charge is 2.20. The second-order valence-corrected chi connectivity index (χ2v) is 7.12. The van der Waals surface area contributed by atoms with Gasteiger partial charge in [0.1, 0.15) is 4.53 Å². The number of hydrogen-bond donors (Lipinski definition) is 0. The molecule has 0 saturated heterocycles. The average Bonchev–Trinajstić information content (AvgIpc) is 3.00. The van der Waals surface area contributed by atoms with Crippen LogP contribution < -0.4 is 15.1 Å². The van der Waals surface area contributed by atoms with Crippen molar-refractivity contribution in [3.05, 3.63) is 73.0 Å². The first kappa shape index (κ1) is 14.4. The normalized spacial score (nSPS) is 12.6. The maximum Gasteiger partial charge on any atom is 0.357 e. The van der Waals surface area contributed by atoms with Gasteiger partial charge < -0.3 is 0 Å². The van der Waals surface area contributed by atoms with Gasteiger partial charge in [0.25, 0.3) is 0 Å². The number of imidazole rings is 1. The summed E-state index contributed by atoms with van der Waals surface area (Å²) in [6.07, 6.45) is 1.85. The monoisotopic (exact) mass is 341 g/mol. The van der Waals surface area contributed by atoms with Gasteiger partial charge in [-0.15, -0.1) is 4.40 Å². The minimum absolute atomic E-state index is 0.0128. The summed E-state index contributed by atoms with van der Waals surface area (Å²) in [5, 5.41) is 0.644. The van der Waals surface area contributed by atoms with Gasteiger partial charge >= 0.3 is 10.5 Å². The molecular formula is C18H14ClN2OS+. The number of nitrogens with one attached hydrogen (secondary N) is 1. The van der Waals surface area contributed by atoms with Crippen molar-refractivity contribution >= 4 is 45.0 Å². The number of aromatic nitrogens is 2. The van der Waals surface area contributed by atoms with Gasteiger partial charge in [0, 0.05) is 10.6 Å². The highest BCUT2D eigenvalue weighted by Crippen LogP contribution is 2.19. The fourth-order valence-corrected chi connectivity index (χ4v) is 4.10. The first-order chi connectivity index (χ1) is 11.0. The average molecular weight is 342 g/mol. The van der Waals surface area contributed by atoms with E-state index < -0.39 is 0 Å². The molecule has 2 heterocycles. The zero-order valence-corrected chi connectivity index (χ0v) is 14.3. The molecule has 0 bridgehead atoms. The van der Waals surface area contributed by atoms with Gasteiger partial charge in [-0.05, 0) is 54.5 Å². The molecule has 114 valence electrons. The van der Waals surface area contributed by atoms with Gasteiger partial charge in [-0.25, -0.2) is 9.78 Å². The first-order valence-electron chi connectivity index (χ1n) is 7.28. The molecule has 23 heavy (non-hydrogen) atoms. The number of fused-ring (bicyclic) bond motifs is 3. The van der Waals surface area contributed by atoms with E-state index in [4.69, 9.17) is 11.6 Å². The smallest absolute Gasteiger partial charge is 0.239 e. The van der Waals surface area contributed by atoms with Crippen LogP contribution >= 0.6 is 22.9 Å². The molecule has 0 saturated carbocycles. The molecule has 5 heteroatoms. The first-order valence-corrected chi connectivity index (χ1v) is 8.48. The van der Waals surface area contributed by atoms with Crippen LogP contribution in [-0.4, -0.2) is 4.40 Å². The molecule has 4 aromatic rings. The van der Waals surface area contributed by atoms with Crippen LogP contribution in [0.2, 0.25) is 5.02 Å². The van der Waals surface area contributed by atoms with Crippen LogP contribution in [0, 0.1) is 13.8 Å². The van der Waals surface area contributed by atoms with Crippen molar-refractivity contribution in [3.8, 4) is 0 Å². The van der Waals surface area contributed by atoms with E-state index in [9.17, 15) is 4.79 Å². The van der Waals surface area contributed by atoms with Gasteiger partial charge in [0.2, 0.25) is 0 Å². The summed E-state index contributed by atoms with van der Waals surface area (Å²) < 4.78 is 2.42. The molecule has 0 unspecified atom stereocenters. The number of rotatable bonds is 1. The van der Waals surface area contributed by atoms with E-state index >= 15 is 0 Å². The van der Waals surface area contributed by atoms with Gasteiger partial charge in [-0.1, -0.05) is 35.9 Å². The Morgan fingerprint density at radius 2 is 2.00 bits per heavy atom. The SMILES string of the molecule is Cc1cc(C)c2[nH+]c3sc(=Cc4ccccc4Cl)c(=O)n3c2c1. The number of aromatic amines is 1. The van der Waals surface area contributed by atoms with Crippen molar-refractivity contribution in [2.45, 2.75) is 13.8 Å². The number of halogens is 1. The molecule has 1 N–H and O–H groups in total. The predicted octanol–water partition coefficient (Wildman–Crippen LogP) is 3.15. The van der Waals surface area contributed by atoms with E-state index in [-0.39, 0.29) is 5.56 Å². The number of hydrogen-bond acceptors (Lipinski definition) is 2. The van der Waals surface area contributed by atoms with Crippen LogP contribution in [0.5, 0.6) is 0 Å². The molecule has 0 atom stereocenters. The van der Waals surface area contributed by atoms with Crippen LogP contribution in [0.25, 0.3) is 22.1 Å². The van der Waals surface area contributed by atoms with E-state index in [0.717, 1.165) is 32.7 Å². The second kappa shape index (κ2) is 5.18. The van der Waals surface area contributed by atoms with Crippen molar-refractivity contribution in [2.75, 3.05) is 0 Å². The Labute approximate surface area is 141 Å². The lowest BCUT2D eigenvalue weighted by Gasteiger charge is -1.94. The van der Waals surface area contributed by atoms with Crippen molar-refractivity contribution in [2.24, 2.45) is 0 Å². The minimum atomic E-state index is -0.0128. The Hall–Kier alpha value is -2.17. The number of thiazole rings is 1. The van der Waals surface area contributed by atoms with Gasteiger partial charge in [-0.3, -0.25) is 0 Å². The Morgan fingerprint density at radius 1 is 1.22 bits per heavy atom. The number of H-pyrrole nitrogens is 1. The molecule has 2 aromatic carbocycles. The Balaban J connectivity index is 2.07. The molecule has 4 rings (SSSR count). The Kier molecular flexibility index (Phi) is 3.25. The van der Waals surface area contributed by atoms with Crippen molar-refractivity contribution in [3.63, 3.8) is 0 Å². The summed E-state index contributed by atoms with van der Waals surface area (Å²) in [5.41, 5.74) is 5.08. The van der Waals surface area contributed by atoms with Crippen LogP contribution in [-0.2, 0) is 0 Å². The summed E-state index contributed by atoms with van der Waals surface area (Å²) in [6, 6.07) is 11.7. The van der Waals surface area contributed by atoms with Crippen LogP contribution in [0.4, 0.5) is 0 Å². The van der Waals surface area contributed by atoms with Crippen LogP contribution in [0.15, 0.2) is 41.2 Å². The van der Waals surface area contributed by atoms with E-state index in [1.165, 1.54) is 11.3 Å². The Morgan fingerprint density at radius 3 is 2.78 bits per heavy atom. The lowest BCUT2D eigenvalue weighted by atomic mass is 10.1. The highest BCUT2D eigenvalue weighted by atomic mass is 35.5. The molecule has 2 aromatic heterocycles. The molecule has 3 nitrogen and oxygen atoms in total. The maximum atomic E-state index is 12.8. The van der Waals surface area contributed by atoms with E-state index in [0.29, 0.717) is 9.55 Å². The lowest BCUT2D eigenvalue weighted by molar-refractivity contribution is -0.308. The third-order valence-corrected chi connectivity index (χ3v) is 5.28. The zero-order chi connectivity index (χ0) is 16.1. The largest absolute Gasteiger partial charge is 0.357 e. The highest BCUT2D eigenvalue weighted by molar-refractivity contribution is 7.14. The predicted molar refractivity (Wildman–Crippen MR) is 95.3 cm³/mol. The third-order valence-electron chi connectivity index (χ3n) is 3.95. The van der Waals surface area contributed by atoms with E-state index in [1.54, 1.807) is 4.40 Å². The summed E-state index contributed by atoms with van der Waals surface area (Å²) in [7, 11) is 0. The molecule has 0 aliphatic rings. The van der Waals surface area contributed by atoms with Crippen molar-refractivity contribution in [1.82, 2.24) is 4.40 Å². The van der Waals surface area contributed by atoms with E-state index in [2.05, 4.69) is 18.0 Å². The van der Waals surface area contributed by atoms with Gasteiger partial charge in [-0.2, -0.15) is 0 Å². The topological polar surface area (TPSA) is 35.6 Å². The summed E-state index contributed by atoms with van der Waals surface area (Å²) in [6.45, 7) is 4.09.